The molecule has 0 bridgehead atoms. The standard InChI is InChI=1S/C20H25NO4/c1-12-13(2)24-14(3)17(12)19(22)21-9-10-23-16-8-6-7-15-11-20(4,5)25-18(15)16/h6-8H,9-11H2,1-5H3,(H,21,22). The van der Waals surface area contributed by atoms with Crippen LogP contribution in [0.4, 0.5) is 0 Å². The SMILES string of the molecule is Cc1oc(C)c(C(=O)NCCOc2cccc3c2OC(C)(C)C3)c1C. The molecule has 0 aliphatic carbocycles. The molecule has 5 nitrogen and oxygen atoms in total. The molecular formula is C20H25NO4. The number of carbonyl (C=O) groups excluding carboxylic acids is 1. The molecule has 2 aromatic rings. The molecule has 3 rings (SSSR count). The second-order valence-electron chi connectivity index (χ2n) is 7.10. The van der Waals surface area contributed by atoms with Crippen LogP contribution in [0.15, 0.2) is 22.6 Å². The molecule has 1 aromatic heterocycles. The number of ether oxygens (including phenoxy) is 2. The van der Waals surface area contributed by atoms with Gasteiger partial charge in [0.25, 0.3) is 5.91 Å². The van der Waals surface area contributed by atoms with E-state index in [0.717, 1.165) is 34.8 Å². The molecular weight excluding hydrogens is 318 g/mol. The summed E-state index contributed by atoms with van der Waals surface area (Å²) in [4.78, 5) is 12.3. The molecule has 134 valence electrons. The van der Waals surface area contributed by atoms with Crippen molar-refractivity contribution in [2.45, 2.75) is 46.6 Å². The van der Waals surface area contributed by atoms with E-state index in [1.165, 1.54) is 0 Å². The van der Waals surface area contributed by atoms with Gasteiger partial charge in [-0.05, 0) is 40.7 Å². The molecule has 0 radical (unpaired) electrons. The number of aryl methyl sites for hydroxylation is 2. The van der Waals surface area contributed by atoms with Crippen molar-refractivity contribution in [3.63, 3.8) is 0 Å². The second kappa shape index (κ2) is 6.47. The van der Waals surface area contributed by atoms with Gasteiger partial charge in [0.2, 0.25) is 0 Å². The predicted octanol–water partition coefficient (Wildman–Crippen LogP) is 3.73. The molecule has 1 N–H and O–H groups in total. The second-order valence-corrected chi connectivity index (χ2v) is 7.10. The van der Waals surface area contributed by atoms with Gasteiger partial charge in [-0.1, -0.05) is 12.1 Å². The Hall–Kier alpha value is -2.43. The van der Waals surface area contributed by atoms with Crippen LogP contribution in [0.2, 0.25) is 0 Å². The van der Waals surface area contributed by atoms with Crippen molar-refractivity contribution in [3.8, 4) is 11.5 Å². The third-order valence-corrected chi connectivity index (χ3v) is 4.49. The highest BCUT2D eigenvalue weighted by Crippen LogP contribution is 2.41. The number of hydrogen-bond donors (Lipinski definition) is 1. The highest BCUT2D eigenvalue weighted by Gasteiger charge is 2.32. The summed E-state index contributed by atoms with van der Waals surface area (Å²) < 4.78 is 17.3. The van der Waals surface area contributed by atoms with Crippen LogP contribution in [-0.2, 0) is 6.42 Å². The fourth-order valence-electron chi connectivity index (χ4n) is 3.24. The van der Waals surface area contributed by atoms with Crippen LogP contribution in [0, 0.1) is 20.8 Å². The maximum absolute atomic E-state index is 12.3. The summed E-state index contributed by atoms with van der Waals surface area (Å²) in [7, 11) is 0. The van der Waals surface area contributed by atoms with Gasteiger partial charge in [0.05, 0.1) is 12.1 Å². The Morgan fingerprint density at radius 3 is 2.68 bits per heavy atom. The van der Waals surface area contributed by atoms with Crippen molar-refractivity contribution in [1.82, 2.24) is 5.32 Å². The first kappa shape index (κ1) is 17.4. The zero-order chi connectivity index (χ0) is 18.2. The van der Waals surface area contributed by atoms with E-state index in [2.05, 4.69) is 25.2 Å². The smallest absolute Gasteiger partial charge is 0.255 e. The van der Waals surface area contributed by atoms with E-state index in [0.29, 0.717) is 24.5 Å². The molecule has 1 amide bonds. The van der Waals surface area contributed by atoms with Crippen molar-refractivity contribution in [2.24, 2.45) is 0 Å². The minimum Gasteiger partial charge on any atom is -0.488 e. The van der Waals surface area contributed by atoms with Crippen molar-refractivity contribution >= 4 is 5.91 Å². The Morgan fingerprint density at radius 2 is 2.00 bits per heavy atom. The molecule has 0 saturated heterocycles. The van der Waals surface area contributed by atoms with Crippen LogP contribution < -0.4 is 14.8 Å². The van der Waals surface area contributed by atoms with Crippen molar-refractivity contribution in [3.05, 3.63) is 46.4 Å². The fraction of sp³-hybridized carbons (Fsp3) is 0.450. The zero-order valence-electron chi connectivity index (χ0n) is 15.5. The summed E-state index contributed by atoms with van der Waals surface area (Å²) in [5, 5.41) is 2.88. The maximum Gasteiger partial charge on any atom is 0.255 e. The van der Waals surface area contributed by atoms with E-state index in [9.17, 15) is 4.79 Å². The van der Waals surface area contributed by atoms with Crippen LogP contribution in [0.25, 0.3) is 0 Å². The number of nitrogens with one attached hydrogen (secondary N) is 1. The van der Waals surface area contributed by atoms with E-state index in [1.54, 1.807) is 6.92 Å². The Labute approximate surface area is 148 Å². The first-order chi connectivity index (χ1) is 11.8. The number of hydrogen-bond acceptors (Lipinski definition) is 4. The average Bonchev–Trinajstić information content (AvgIpc) is 2.98. The minimum atomic E-state index is -0.204. The normalized spacial score (nSPS) is 14.8. The molecule has 2 heterocycles. The fourth-order valence-corrected chi connectivity index (χ4v) is 3.24. The van der Waals surface area contributed by atoms with Gasteiger partial charge in [-0.3, -0.25) is 4.79 Å². The van der Waals surface area contributed by atoms with E-state index in [1.807, 2.05) is 26.0 Å². The summed E-state index contributed by atoms with van der Waals surface area (Å²) in [6.07, 6.45) is 0.870. The van der Waals surface area contributed by atoms with E-state index < -0.39 is 0 Å². The Bertz CT molecular complexity index is 804. The van der Waals surface area contributed by atoms with Crippen LogP contribution in [0.1, 0.15) is 46.9 Å². The molecule has 5 heteroatoms. The quantitative estimate of drug-likeness (QED) is 0.841. The van der Waals surface area contributed by atoms with Gasteiger partial charge in [0.1, 0.15) is 23.7 Å². The highest BCUT2D eigenvalue weighted by atomic mass is 16.5. The lowest BCUT2D eigenvalue weighted by Gasteiger charge is -2.18. The van der Waals surface area contributed by atoms with Gasteiger partial charge < -0.3 is 19.2 Å². The van der Waals surface area contributed by atoms with Crippen LogP contribution in [-0.4, -0.2) is 24.7 Å². The zero-order valence-corrected chi connectivity index (χ0v) is 15.5. The number of amides is 1. The predicted molar refractivity (Wildman–Crippen MR) is 95.6 cm³/mol. The van der Waals surface area contributed by atoms with Gasteiger partial charge >= 0.3 is 0 Å². The molecule has 0 spiro atoms. The van der Waals surface area contributed by atoms with Gasteiger partial charge in [-0.15, -0.1) is 0 Å². The summed E-state index contributed by atoms with van der Waals surface area (Å²) in [5.74, 6) is 2.83. The summed E-state index contributed by atoms with van der Waals surface area (Å²) in [5.41, 5.74) is 2.45. The maximum atomic E-state index is 12.3. The molecule has 0 fully saturated rings. The molecule has 25 heavy (non-hydrogen) atoms. The lowest BCUT2D eigenvalue weighted by molar-refractivity contribution is 0.0944. The lowest BCUT2D eigenvalue weighted by Crippen LogP contribution is -2.29. The van der Waals surface area contributed by atoms with Gasteiger partial charge in [0, 0.05) is 17.5 Å². The Morgan fingerprint density at radius 1 is 1.24 bits per heavy atom. The number of carbonyl (C=O) groups is 1. The minimum absolute atomic E-state index is 0.133. The van der Waals surface area contributed by atoms with Gasteiger partial charge in [-0.25, -0.2) is 0 Å². The van der Waals surface area contributed by atoms with Crippen LogP contribution in [0.3, 0.4) is 0 Å². The first-order valence-corrected chi connectivity index (χ1v) is 8.57. The van der Waals surface area contributed by atoms with Gasteiger partial charge in [0.15, 0.2) is 11.5 Å². The topological polar surface area (TPSA) is 60.7 Å². The lowest BCUT2D eigenvalue weighted by atomic mass is 10.0. The highest BCUT2D eigenvalue weighted by molar-refractivity contribution is 5.96. The molecule has 1 aliphatic rings. The summed E-state index contributed by atoms with van der Waals surface area (Å²) >= 11 is 0. The molecule has 0 unspecified atom stereocenters. The number of benzene rings is 1. The average molecular weight is 343 g/mol. The number of furan rings is 1. The number of rotatable bonds is 5. The van der Waals surface area contributed by atoms with Gasteiger partial charge in [-0.2, -0.15) is 0 Å². The van der Waals surface area contributed by atoms with Crippen molar-refractivity contribution < 1.29 is 18.7 Å². The van der Waals surface area contributed by atoms with E-state index in [-0.39, 0.29) is 11.5 Å². The Balaban J connectivity index is 1.57. The van der Waals surface area contributed by atoms with Crippen molar-refractivity contribution in [1.29, 1.82) is 0 Å². The Kier molecular flexibility index (Phi) is 4.50. The number of fused-ring (bicyclic) bond motifs is 1. The molecule has 1 aliphatic heterocycles. The molecule has 0 atom stereocenters. The first-order valence-electron chi connectivity index (χ1n) is 8.57. The van der Waals surface area contributed by atoms with Crippen LogP contribution >= 0.6 is 0 Å². The molecule has 0 saturated carbocycles. The third-order valence-electron chi connectivity index (χ3n) is 4.49. The largest absolute Gasteiger partial charge is 0.488 e. The monoisotopic (exact) mass is 343 g/mol. The summed E-state index contributed by atoms with van der Waals surface area (Å²) in [6.45, 7) is 10.5. The van der Waals surface area contributed by atoms with E-state index >= 15 is 0 Å². The van der Waals surface area contributed by atoms with Crippen molar-refractivity contribution in [2.75, 3.05) is 13.2 Å². The number of para-hydroxylation sites is 1. The van der Waals surface area contributed by atoms with Crippen LogP contribution in [0.5, 0.6) is 11.5 Å². The van der Waals surface area contributed by atoms with E-state index in [4.69, 9.17) is 13.9 Å². The third kappa shape index (κ3) is 3.50. The molecule has 1 aromatic carbocycles. The summed E-state index contributed by atoms with van der Waals surface area (Å²) in [6, 6.07) is 5.93.